The Labute approximate surface area is 112 Å². The third-order valence-electron chi connectivity index (χ3n) is 3.54. The van der Waals surface area contributed by atoms with Gasteiger partial charge >= 0.3 is 5.97 Å². The van der Waals surface area contributed by atoms with Gasteiger partial charge in [-0.1, -0.05) is 0 Å². The number of carbonyl (C=O) groups is 1. The van der Waals surface area contributed by atoms with Crippen LogP contribution in [0.15, 0.2) is 18.2 Å². The second-order valence-corrected chi connectivity index (χ2v) is 5.65. The number of benzene rings is 1. The third kappa shape index (κ3) is 3.75. The number of nitrogens with one attached hydrogen (secondary N) is 1. The second-order valence-electron chi connectivity index (χ2n) is 5.65. The van der Waals surface area contributed by atoms with Crippen LogP contribution in [-0.4, -0.2) is 27.3 Å². The van der Waals surface area contributed by atoms with E-state index in [1.807, 2.05) is 0 Å². The zero-order chi connectivity index (χ0) is 14.8. The van der Waals surface area contributed by atoms with E-state index in [0.29, 0.717) is 0 Å². The summed E-state index contributed by atoms with van der Waals surface area (Å²) in [5.41, 5.74) is -1.33. The van der Waals surface area contributed by atoms with E-state index < -0.39 is 22.9 Å². The minimum atomic E-state index is -1.09. The molecule has 0 spiro atoms. The summed E-state index contributed by atoms with van der Waals surface area (Å²) in [6.45, 7) is 7.05. The van der Waals surface area contributed by atoms with Crippen molar-refractivity contribution in [2.45, 2.75) is 45.4 Å². The van der Waals surface area contributed by atoms with E-state index in [4.69, 9.17) is 5.11 Å². The van der Waals surface area contributed by atoms with Crippen LogP contribution in [0.3, 0.4) is 0 Å². The van der Waals surface area contributed by atoms with Crippen molar-refractivity contribution in [2.24, 2.45) is 0 Å². The van der Waals surface area contributed by atoms with Gasteiger partial charge in [0, 0.05) is 17.6 Å². The summed E-state index contributed by atoms with van der Waals surface area (Å²) < 4.78 is 13.6. The van der Waals surface area contributed by atoms with Gasteiger partial charge in [-0.3, -0.25) is 0 Å². The average Bonchev–Trinajstić information content (AvgIpc) is 2.26. The van der Waals surface area contributed by atoms with E-state index in [1.54, 1.807) is 27.7 Å². The Hall–Kier alpha value is -1.46. The van der Waals surface area contributed by atoms with E-state index >= 15 is 0 Å². The highest BCUT2D eigenvalue weighted by atomic mass is 19.1. The Morgan fingerprint density at radius 2 is 1.89 bits per heavy atom. The van der Waals surface area contributed by atoms with Gasteiger partial charge < -0.3 is 15.5 Å². The van der Waals surface area contributed by atoms with Crippen LogP contribution < -0.4 is 5.32 Å². The summed E-state index contributed by atoms with van der Waals surface area (Å²) in [7, 11) is 0. The van der Waals surface area contributed by atoms with Crippen molar-refractivity contribution in [1.82, 2.24) is 5.32 Å². The van der Waals surface area contributed by atoms with E-state index in [-0.39, 0.29) is 17.7 Å². The molecule has 19 heavy (non-hydrogen) atoms. The number of carboxylic acid groups (broad SMARTS) is 1. The molecule has 1 rings (SSSR count). The molecule has 0 radical (unpaired) electrons. The molecule has 5 heteroatoms. The highest BCUT2D eigenvalue weighted by molar-refractivity contribution is 5.87. The fraction of sp³-hybridized carbons (Fsp3) is 0.500. The lowest BCUT2D eigenvalue weighted by Crippen LogP contribution is -2.55. The van der Waals surface area contributed by atoms with Gasteiger partial charge in [0.05, 0.1) is 11.2 Å². The van der Waals surface area contributed by atoms with E-state index in [0.717, 1.165) is 6.07 Å². The Bertz CT molecular complexity index is 478. The summed E-state index contributed by atoms with van der Waals surface area (Å²) in [5.74, 6) is -1.56. The van der Waals surface area contributed by atoms with Crippen molar-refractivity contribution in [3.8, 4) is 0 Å². The maximum Gasteiger partial charge on any atom is 0.335 e. The standard InChI is InChI=1S/C14H20FNO3/c1-13(2,14(3,4)19)16-8-10-7-9(12(17)18)5-6-11(10)15/h5-7,16,19H,8H2,1-4H3,(H,17,18). The minimum absolute atomic E-state index is 0.0410. The molecule has 0 saturated carbocycles. The first-order valence-corrected chi connectivity index (χ1v) is 6.04. The third-order valence-corrected chi connectivity index (χ3v) is 3.54. The van der Waals surface area contributed by atoms with Crippen molar-refractivity contribution in [3.63, 3.8) is 0 Å². The molecule has 0 aliphatic heterocycles. The lowest BCUT2D eigenvalue weighted by molar-refractivity contribution is -0.00544. The first kappa shape index (κ1) is 15.6. The molecule has 4 nitrogen and oxygen atoms in total. The number of aromatic carboxylic acids is 1. The highest BCUT2D eigenvalue weighted by Crippen LogP contribution is 2.21. The Morgan fingerprint density at radius 3 is 2.37 bits per heavy atom. The molecule has 0 saturated heterocycles. The van der Waals surface area contributed by atoms with E-state index in [9.17, 15) is 14.3 Å². The van der Waals surface area contributed by atoms with Crippen LogP contribution in [0, 0.1) is 5.82 Å². The Balaban J connectivity index is 2.89. The summed E-state index contributed by atoms with van der Waals surface area (Å²) in [6.07, 6.45) is 0. The maximum absolute atomic E-state index is 13.6. The molecule has 0 aromatic heterocycles. The van der Waals surface area contributed by atoms with Crippen LogP contribution >= 0.6 is 0 Å². The zero-order valence-electron chi connectivity index (χ0n) is 11.6. The van der Waals surface area contributed by atoms with Crippen molar-refractivity contribution >= 4 is 5.97 Å². The monoisotopic (exact) mass is 269 g/mol. The quantitative estimate of drug-likeness (QED) is 0.766. The van der Waals surface area contributed by atoms with Gasteiger partial charge in [0.2, 0.25) is 0 Å². The smallest absolute Gasteiger partial charge is 0.335 e. The van der Waals surface area contributed by atoms with Gasteiger partial charge in [0.1, 0.15) is 5.82 Å². The topological polar surface area (TPSA) is 69.6 Å². The SMILES string of the molecule is CC(C)(O)C(C)(C)NCc1cc(C(=O)O)ccc1F. The molecule has 0 heterocycles. The molecular formula is C14H20FNO3. The van der Waals surface area contributed by atoms with Crippen molar-refractivity contribution in [3.05, 3.63) is 35.1 Å². The van der Waals surface area contributed by atoms with Crippen LogP contribution in [0.1, 0.15) is 43.6 Å². The number of hydrogen-bond acceptors (Lipinski definition) is 3. The Morgan fingerprint density at radius 1 is 1.32 bits per heavy atom. The molecule has 0 fully saturated rings. The maximum atomic E-state index is 13.6. The number of hydrogen-bond donors (Lipinski definition) is 3. The van der Waals surface area contributed by atoms with Crippen molar-refractivity contribution in [1.29, 1.82) is 0 Å². The van der Waals surface area contributed by atoms with Crippen LogP contribution in [0.5, 0.6) is 0 Å². The molecule has 0 amide bonds. The normalized spacial score (nSPS) is 12.5. The van der Waals surface area contributed by atoms with Crippen LogP contribution in [0.4, 0.5) is 4.39 Å². The van der Waals surface area contributed by atoms with Gasteiger partial charge in [-0.05, 0) is 45.9 Å². The van der Waals surface area contributed by atoms with E-state index in [2.05, 4.69) is 5.32 Å². The van der Waals surface area contributed by atoms with Gasteiger partial charge in [0.25, 0.3) is 0 Å². The summed E-state index contributed by atoms with van der Waals surface area (Å²) >= 11 is 0. The second kappa shape index (κ2) is 5.27. The molecule has 0 unspecified atom stereocenters. The van der Waals surface area contributed by atoms with Crippen LogP contribution in [0.2, 0.25) is 0 Å². The summed E-state index contributed by atoms with van der Waals surface area (Å²) in [4.78, 5) is 10.8. The number of rotatable bonds is 5. The zero-order valence-corrected chi connectivity index (χ0v) is 11.6. The first-order chi connectivity index (χ1) is 8.54. The van der Waals surface area contributed by atoms with Gasteiger partial charge in [0.15, 0.2) is 0 Å². The van der Waals surface area contributed by atoms with Crippen molar-refractivity contribution < 1.29 is 19.4 Å². The molecule has 0 bridgehead atoms. The average molecular weight is 269 g/mol. The number of carboxylic acids is 1. The number of halogens is 1. The summed E-state index contributed by atoms with van der Waals surface area (Å²) in [6, 6.07) is 3.66. The number of aliphatic hydroxyl groups is 1. The molecule has 0 aliphatic carbocycles. The predicted molar refractivity (Wildman–Crippen MR) is 70.6 cm³/mol. The lowest BCUT2D eigenvalue weighted by Gasteiger charge is -2.38. The van der Waals surface area contributed by atoms with Gasteiger partial charge in [-0.2, -0.15) is 0 Å². The van der Waals surface area contributed by atoms with Crippen molar-refractivity contribution in [2.75, 3.05) is 0 Å². The molecule has 106 valence electrons. The Kier molecular flexibility index (Phi) is 4.32. The molecule has 0 aliphatic rings. The largest absolute Gasteiger partial charge is 0.478 e. The fourth-order valence-electron chi connectivity index (χ4n) is 1.38. The highest BCUT2D eigenvalue weighted by Gasteiger charge is 2.34. The van der Waals surface area contributed by atoms with E-state index in [1.165, 1.54) is 12.1 Å². The molecule has 0 atom stereocenters. The first-order valence-electron chi connectivity index (χ1n) is 6.04. The van der Waals surface area contributed by atoms with Gasteiger partial charge in [-0.15, -0.1) is 0 Å². The molecular weight excluding hydrogens is 249 g/mol. The minimum Gasteiger partial charge on any atom is -0.478 e. The predicted octanol–water partition coefficient (Wildman–Crippen LogP) is 2.16. The molecule has 1 aromatic rings. The van der Waals surface area contributed by atoms with Crippen LogP contribution in [-0.2, 0) is 6.54 Å². The molecule has 3 N–H and O–H groups in total. The lowest BCUT2D eigenvalue weighted by atomic mass is 9.86. The fourth-order valence-corrected chi connectivity index (χ4v) is 1.38. The van der Waals surface area contributed by atoms with Crippen LogP contribution in [0.25, 0.3) is 0 Å². The summed E-state index contributed by atoms with van der Waals surface area (Å²) in [5, 5.41) is 21.9. The van der Waals surface area contributed by atoms with Gasteiger partial charge in [-0.25, -0.2) is 9.18 Å². The molecule has 1 aromatic carbocycles.